The molecule has 0 atom stereocenters. The van der Waals surface area contributed by atoms with Crippen molar-refractivity contribution in [3.63, 3.8) is 0 Å². The summed E-state index contributed by atoms with van der Waals surface area (Å²) in [6, 6.07) is 0. The Hall–Kier alpha value is -0.0800. The van der Waals surface area contributed by atoms with E-state index in [0.29, 0.717) is 11.5 Å². The predicted molar refractivity (Wildman–Crippen MR) is 102 cm³/mol. The zero-order valence-corrected chi connectivity index (χ0v) is 16.9. The van der Waals surface area contributed by atoms with Gasteiger partial charge in [0.25, 0.3) is 0 Å². The second-order valence-corrected chi connectivity index (χ2v) is 9.70. The van der Waals surface area contributed by atoms with E-state index in [4.69, 9.17) is 4.74 Å². The molecule has 1 saturated heterocycles. The standard InChI is InChI=1S/C21H43NO/c1-20(2,3)15-11-9-7-8-10-12-16-22-17-13-19(14-18-22)23-21(4,5)6/h19H,7-18H2,1-6H3. The van der Waals surface area contributed by atoms with Crippen molar-refractivity contribution < 1.29 is 4.74 Å². The van der Waals surface area contributed by atoms with Gasteiger partial charge < -0.3 is 9.64 Å². The molecule has 0 amide bonds. The van der Waals surface area contributed by atoms with E-state index in [9.17, 15) is 0 Å². The Balaban J connectivity index is 1.94. The molecule has 1 heterocycles. The van der Waals surface area contributed by atoms with E-state index in [0.717, 1.165) is 0 Å². The van der Waals surface area contributed by atoms with Gasteiger partial charge in [0.2, 0.25) is 0 Å². The first-order chi connectivity index (χ1) is 10.7. The Morgan fingerprint density at radius 1 is 0.783 bits per heavy atom. The summed E-state index contributed by atoms with van der Waals surface area (Å²) < 4.78 is 6.10. The average molecular weight is 326 g/mol. The fourth-order valence-electron chi connectivity index (χ4n) is 3.45. The molecule has 138 valence electrons. The quantitative estimate of drug-likeness (QED) is 0.479. The number of ether oxygens (including phenoxy) is 1. The van der Waals surface area contributed by atoms with E-state index >= 15 is 0 Å². The SMILES string of the molecule is CC(C)(C)CCCCCCCCN1CCC(OC(C)(C)C)CC1. The number of likely N-dealkylation sites (tertiary alicyclic amines) is 1. The van der Waals surface area contributed by atoms with E-state index in [2.05, 4.69) is 46.4 Å². The van der Waals surface area contributed by atoms with Crippen LogP contribution in [0.1, 0.15) is 99.3 Å². The molecule has 2 heteroatoms. The second-order valence-electron chi connectivity index (χ2n) is 9.70. The highest BCUT2D eigenvalue weighted by atomic mass is 16.5. The Labute approximate surface area is 146 Å². The van der Waals surface area contributed by atoms with Crippen LogP contribution < -0.4 is 0 Å². The number of nitrogens with zero attached hydrogens (tertiary/aromatic N) is 1. The molecule has 0 unspecified atom stereocenters. The second kappa shape index (κ2) is 10.0. The molecule has 1 fully saturated rings. The van der Waals surface area contributed by atoms with E-state index < -0.39 is 0 Å². The third-order valence-electron chi connectivity index (χ3n) is 4.71. The van der Waals surface area contributed by atoms with Gasteiger partial charge in [-0.25, -0.2) is 0 Å². The van der Waals surface area contributed by atoms with Gasteiger partial charge in [-0.1, -0.05) is 52.9 Å². The molecule has 0 aromatic rings. The monoisotopic (exact) mass is 325 g/mol. The number of rotatable bonds is 9. The van der Waals surface area contributed by atoms with Gasteiger partial charge in [-0.15, -0.1) is 0 Å². The van der Waals surface area contributed by atoms with Crippen LogP contribution in [0.3, 0.4) is 0 Å². The highest BCUT2D eigenvalue weighted by molar-refractivity contribution is 4.75. The molecule has 23 heavy (non-hydrogen) atoms. The van der Waals surface area contributed by atoms with Crippen LogP contribution in [0.2, 0.25) is 0 Å². The summed E-state index contributed by atoms with van der Waals surface area (Å²) >= 11 is 0. The van der Waals surface area contributed by atoms with Crippen molar-refractivity contribution in [1.82, 2.24) is 4.90 Å². The van der Waals surface area contributed by atoms with Crippen LogP contribution in [-0.4, -0.2) is 36.2 Å². The first-order valence-electron chi connectivity index (χ1n) is 10.1. The summed E-state index contributed by atoms with van der Waals surface area (Å²) in [7, 11) is 0. The van der Waals surface area contributed by atoms with Crippen LogP contribution in [0, 0.1) is 5.41 Å². The fourth-order valence-corrected chi connectivity index (χ4v) is 3.45. The molecule has 1 rings (SSSR count). The Kier molecular flexibility index (Phi) is 9.15. The molecular weight excluding hydrogens is 282 g/mol. The average Bonchev–Trinajstić information content (AvgIpc) is 2.40. The van der Waals surface area contributed by atoms with Gasteiger partial charge in [-0.05, 0) is 58.4 Å². The minimum Gasteiger partial charge on any atom is -0.373 e. The van der Waals surface area contributed by atoms with Crippen LogP contribution in [0.15, 0.2) is 0 Å². The molecule has 1 aliphatic rings. The van der Waals surface area contributed by atoms with Crippen LogP contribution in [0.4, 0.5) is 0 Å². The van der Waals surface area contributed by atoms with Crippen LogP contribution >= 0.6 is 0 Å². The van der Waals surface area contributed by atoms with Gasteiger partial charge in [0.05, 0.1) is 11.7 Å². The summed E-state index contributed by atoms with van der Waals surface area (Å²) in [6.07, 6.45) is 12.8. The van der Waals surface area contributed by atoms with Crippen LogP contribution in [0.5, 0.6) is 0 Å². The van der Waals surface area contributed by atoms with E-state index in [1.54, 1.807) is 0 Å². The van der Waals surface area contributed by atoms with Crippen molar-refractivity contribution in [3.8, 4) is 0 Å². The highest BCUT2D eigenvalue weighted by Crippen LogP contribution is 2.23. The Morgan fingerprint density at radius 3 is 1.83 bits per heavy atom. The zero-order chi connectivity index (χ0) is 17.3. The topological polar surface area (TPSA) is 12.5 Å². The number of hydrogen-bond acceptors (Lipinski definition) is 2. The third-order valence-corrected chi connectivity index (χ3v) is 4.71. The van der Waals surface area contributed by atoms with Gasteiger partial charge in [0.1, 0.15) is 0 Å². The van der Waals surface area contributed by atoms with Gasteiger partial charge in [-0.3, -0.25) is 0 Å². The molecule has 0 saturated carbocycles. The number of hydrogen-bond donors (Lipinski definition) is 0. The minimum atomic E-state index is 0.0137. The Morgan fingerprint density at radius 2 is 1.30 bits per heavy atom. The lowest BCUT2D eigenvalue weighted by atomic mass is 9.89. The van der Waals surface area contributed by atoms with Crippen LogP contribution in [0.25, 0.3) is 0 Å². The predicted octanol–water partition coefficient (Wildman–Crippen LogP) is 6.04. The molecule has 0 radical (unpaired) electrons. The van der Waals surface area contributed by atoms with E-state index in [-0.39, 0.29) is 5.60 Å². The van der Waals surface area contributed by atoms with Crippen molar-refractivity contribution in [2.75, 3.05) is 19.6 Å². The molecule has 0 aromatic carbocycles. The van der Waals surface area contributed by atoms with Gasteiger partial charge in [-0.2, -0.15) is 0 Å². The van der Waals surface area contributed by atoms with Gasteiger partial charge >= 0.3 is 0 Å². The number of piperidine rings is 1. The maximum Gasteiger partial charge on any atom is 0.0606 e. The third kappa shape index (κ3) is 12.0. The summed E-state index contributed by atoms with van der Waals surface area (Å²) in [6.45, 7) is 17.3. The molecule has 0 bridgehead atoms. The van der Waals surface area contributed by atoms with Crippen molar-refractivity contribution in [3.05, 3.63) is 0 Å². The summed E-state index contributed by atoms with van der Waals surface area (Å²) in [4.78, 5) is 2.64. The molecule has 1 aliphatic heterocycles. The van der Waals surface area contributed by atoms with Crippen molar-refractivity contribution in [2.45, 2.75) is 111 Å². The van der Waals surface area contributed by atoms with Crippen molar-refractivity contribution in [1.29, 1.82) is 0 Å². The van der Waals surface area contributed by atoms with Crippen molar-refractivity contribution in [2.24, 2.45) is 5.41 Å². The van der Waals surface area contributed by atoms with Gasteiger partial charge in [0.15, 0.2) is 0 Å². The number of unbranched alkanes of at least 4 members (excludes halogenated alkanes) is 5. The summed E-state index contributed by atoms with van der Waals surface area (Å²) in [5.41, 5.74) is 0.530. The minimum absolute atomic E-state index is 0.0137. The molecule has 0 aliphatic carbocycles. The van der Waals surface area contributed by atoms with Gasteiger partial charge in [0, 0.05) is 13.1 Å². The maximum absolute atomic E-state index is 6.10. The molecular formula is C21H43NO. The Bertz CT molecular complexity index is 292. The molecule has 0 N–H and O–H groups in total. The molecule has 2 nitrogen and oxygen atoms in total. The van der Waals surface area contributed by atoms with E-state index in [1.807, 2.05) is 0 Å². The lowest BCUT2D eigenvalue weighted by Crippen LogP contribution is -2.40. The van der Waals surface area contributed by atoms with Crippen molar-refractivity contribution >= 4 is 0 Å². The maximum atomic E-state index is 6.10. The lowest BCUT2D eigenvalue weighted by molar-refractivity contribution is -0.0820. The first-order valence-corrected chi connectivity index (χ1v) is 10.1. The zero-order valence-electron chi connectivity index (χ0n) is 16.9. The summed E-state index contributed by atoms with van der Waals surface area (Å²) in [5.74, 6) is 0. The normalized spacial score (nSPS) is 18.5. The van der Waals surface area contributed by atoms with Crippen LogP contribution in [-0.2, 0) is 4.74 Å². The fraction of sp³-hybridized carbons (Fsp3) is 1.00. The lowest BCUT2D eigenvalue weighted by Gasteiger charge is -2.35. The van der Waals surface area contributed by atoms with E-state index in [1.165, 1.54) is 77.4 Å². The smallest absolute Gasteiger partial charge is 0.0606 e. The summed E-state index contributed by atoms with van der Waals surface area (Å²) in [5, 5.41) is 0. The molecule has 0 aromatic heterocycles. The molecule has 0 spiro atoms. The largest absolute Gasteiger partial charge is 0.373 e. The highest BCUT2D eigenvalue weighted by Gasteiger charge is 2.23. The first kappa shape index (κ1) is 21.0.